The monoisotopic (exact) mass is 350 g/mol. The van der Waals surface area contributed by atoms with Crippen LogP contribution < -0.4 is 0 Å². The van der Waals surface area contributed by atoms with E-state index < -0.39 is 23.1 Å². The van der Waals surface area contributed by atoms with E-state index in [0.29, 0.717) is 24.8 Å². The molecule has 6 nitrogen and oxygen atoms in total. The van der Waals surface area contributed by atoms with Gasteiger partial charge >= 0.3 is 11.9 Å². The Morgan fingerprint density at radius 1 is 1.40 bits per heavy atom. The zero-order valence-corrected chi connectivity index (χ0v) is 15.0. The first-order chi connectivity index (χ1) is 11.6. The van der Waals surface area contributed by atoms with E-state index in [1.54, 1.807) is 20.8 Å². The highest BCUT2D eigenvalue weighted by Gasteiger charge is 2.69. The molecule has 0 radical (unpaired) electrons. The van der Waals surface area contributed by atoms with Crippen molar-refractivity contribution in [1.29, 1.82) is 0 Å². The van der Waals surface area contributed by atoms with Crippen LogP contribution in [-0.2, 0) is 23.9 Å². The molecule has 25 heavy (non-hydrogen) atoms. The molecule has 2 aliphatic carbocycles. The van der Waals surface area contributed by atoms with E-state index in [4.69, 9.17) is 9.47 Å². The average Bonchev–Trinajstić information content (AvgIpc) is 2.94. The molecule has 1 heterocycles. The van der Waals surface area contributed by atoms with Gasteiger partial charge in [-0.2, -0.15) is 0 Å². The highest BCUT2D eigenvalue weighted by Crippen LogP contribution is 2.58. The molecule has 5 atom stereocenters. The Hall–Kier alpha value is -1.69. The van der Waals surface area contributed by atoms with Crippen molar-refractivity contribution < 1.29 is 29.0 Å². The maximum atomic E-state index is 12.7. The van der Waals surface area contributed by atoms with Gasteiger partial charge in [0.15, 0.2) is 0 Å². The fourth-order valence-electron chi connectivity index (χ4n) is 4.74. The summed E-state index contributed by atoms with van der Waals surface area (Å²) in [5.41, 5.74) is -2.18. The first-order valence-corrected chi connectivity index (χ1v) is 8.95. The third-order valence-corrected chi connectivity index (χ3v) is 6.49. The van der Waals surface area contributed by atoms with E-state index in [9.17, 15) is 19.5 Å². The average molecular weight is 350 g/mol. The lowest BCUT2D eigenvalue weighted by Gasteiger charge is -2.44. The molecule has 138 valence electrons. The van der Waals surface area contributed by atoms with E-state index in [1.165, 1.54) is 0 Å². The van der Waals surface area contributed by atoms with Crippen LogP contribution in [0.4, 0.5) is 0 Å². The van der Waals surface area contributed by atoms with E-state index in [1.807, 2.05) is 0 Å². The van der Waals surface area contributed by atoms with Crippen LogP contribution in [0.2, 0.25) is 0 Å². The third-order valence-electron chi connectivity index (χ3n) is 6.49. The molecule has 6 heteroatoms. The molecular formula is C19H26O6. The van der Waals surface area contributed by atoms with Crippen LogP contribution in [0, 0.1) is 23.2 Å². The van der Waals surface area contributed by atoms with Crippen LogP contribution in [0.15, 0.2) is 12.2 Å². The number of fused-ring (bicyclic) bond motifs is 3. The van der Waals surface area contributed by atoms with Crippen LogP contribution in [0.25, 0.3) is 0 Å². The van der Waals surface area contributed by atoms with Gasteiger partial charge in [-0.15, -0.1) is 0 Å². The third kappa shape index (κ3) is 2.45. The van der Waals surface area contributed by atoms with Crippen molar-refractivity contribution in [3.8, 4) is 0 Å². The predicted octanol–water partition coefficient (Wildman–Crippen LogP) is 1.79. The number of Topliss-reactive ketones (excluding diaryl/α,β-unsaturated/α-hetero) is 1. The number of carbonyl (C=O) groups excluding carboxylic acids is 3. The summed E-state index contributed by atoms with van der Waals surface area (Å²) in [6.07, 6.45) is 0.943. The molecule has 1 aliphatic heterocycles. The number of ketones is 1. The Balaban J connectivity index is 1.94. The Labute approximate surface area is 147 Å². The number of rotatable bonds is 3. The standard InChI is InChI=1S/C19H26O6/c1-10(2)16(21)24-9-12-5-6-13-11(3)17(22)25-15(13)18(4)14(20)7-8-19(12,18)23/h10,12-13,15,23H,3,5-9H2,1-2,4H3/t12-,13+,15-,18+,19-/m1/s1. The van der Waals surface area contributed by atoms with Gasteiger partial charge < -0.3 is 14.6 Å². The summed E-state index contributed by atoms with van der Waals surface area (Å²) in [4.78, 5) is 36.6. The van der Waals surface area contributed by atoms with Crippen molar-refractivity contribution >= 4 is 17.7 Å². The van der Waals surface area contributed by atoms with Crippen LogP contribution in [-0.4, -0.2) is 41.1 Å². The van der Waals surface area contributed by atoms with Gasteiger partial charge in [-0.05, 0) is 26.2 Å². The van der Waals surface area contributed by atoms with Crippen LogP contribution >= 0.6 is 0 Å². The van der Waals surface area contributed by atoms with Gasteiger partial charge in [0.25, 0.3) is 0 Å². The first kappa shape index (κ1) is 18.1. The van der Waals surface area contributed by atoms with Gasteiger partial charge in [0, 0.05) is 23.8 Å². The molecule has 0 amide bonds. The highest BCUT2D eigenvalue weighted by atomic mass is 16.6. The molecule has 0 spiro atoms. The molecular weight excluding hydrogens is 324 g/mol. The van der Waals surface area contributed by atoms with Gasteiger partial charge in [-0.25, -0.2) is 4.79 Å². The summed E-state index contributed by atoms with van der Waals surface area (Å²) < 4.78 is 10.9. The minimum absolute atomic E-state index is 0.0657. The van der Waals surface area contributed by atoms with Crippen molar-refractivity contribution in [1.82, 2.24) is 0 Å². The van der Waals surface area contributed by atoms with Gasteiger partial charge in [-0.3, -0.25) is 9.59 Å². The van der Waals surface area contributed by atoms with E-state index in [-0.39, 0.29) is 42.5 Å². The zero-order valence-electron chi connectivity index (χ0n) is 15.0. The van der Waals surface area contributed by atoms with Crippen LogP contribution in [0.1, 0.15) is 46.5 Å². The Bertz CT molecular complexity index is 638. The molecule has 0 aromatic carbocycles. The van der Waals surface area contributed by atoms with Crippen LogP contribution in [0.3, 0.4) is 0 Å². The molecule has 0 unspecified atom stereocenters. The number of esters is 2. The molecule has 1 saturated heterocycles. The molecule has 0 bridgehead atoms. The Morgan fingerprint density at radius 3 is 2.72 bits per heavy atom. The maximum absolute atomic E-state index is 12.7. The van der Waals surface area contributed by atoms with E-state index in [2.05, 4.69) is 6.58 Å². The van der Waals surface area contributed by atoms with E-state index >= 15 is 0 Å². The molecule has 2 saturated carbocycles. The summed E-state index contributed by atoms with van der Waals surface area (Å²) in [7, 11) is 0. The molecule has 3 rings (SSSR count). The summed E-state index contributed by atoms with van der Waals surface area (Å²) in [6, 6.07) is 0. The largest absolute Gasteiger partial charge is 0.465 e. The molecule has 3 aliphatic rings. The second-order valence-corrected chi connectivity index (χ2v) is 8.07. The number of carbonyl (C=O) groups is 3. The fourth-order valence-corrected chi connectivity index (χ4v) is 4.74. The van der Waals surface area contributed by atoms with Crippen LogP contribution in [0.5, 0.6) is 0 Å². The smallest absolute Gasteiger partial charge is 0.334 e. The number of aliphatic hydroxyl groups is 1. The lowest BCUT2D eigenvalue weighted by molar-refractivity contribution is -0.178. The molecule has 3 fully saturated rings. The number of hydrogen-bond donors (Lipinski definition) is 1. The molecule has 1 N–H and O–H groups in total. The summed E-state index contributed by atoms with van der Waals surface area (Å²) >= 11 is 0. The quantitative estimate of drug-likeness (QED) is 0.616. The van der Waals surface area contributed by atoms with Gasteiger partial charge in [0.2, 0.25) is 0 Å². The second-order valence-electron chi connectivity index (χ2n) is 8.07. The summed E-state index contributed by atoms with van der Waals surface area (Å²) in [6.45, 7) is 9.08. The Morgan fingerprint density at radius 2 is 2.08 bits per heavy atom. The second kappa shape index (κ2) is 5.94. The van der Waals surface area contributed by atoms with Gasteiger partial charge in [0.1, 0.15) is 11.9 Å². The van der Waals surface area contributed by atoms with Crippen molar-refractivity contribution in [2.24, 2.45) is 23.2 Å². The highest BCUT2D eigenvalue weighted by molar-refractivity contribution is 5.94. The topological polar surface area (TPSA) is 89.9 Å². The van der Waals surface area contributed by atoms with Crippen molar-refractivity contribution in [2.45, 2.75) is 58.2 Å². The van der Waals surface area contributed by atoms with E-state index in [0.717, 1.165) is 0 Å². The van der Waals surface area contributed by atoms with Crippen molar-refractivity contribution in [3.63, 3.8) is 0 Å². The lowest BCUT2D eigenvalue weighted by Crippen LogP contribution is -2.57. The maximum Gasteiger partial charge on any atom is 0.334 e. The number of hydrogen-bond acceptors (Lipinski definition) is 6. The SMILES string of the molecule is C=C1C(=O)O[C@@H]2[C@H]1CC[C@H](COC(=O)C(C)C)[C@]1(O)CCC(=O)[C@@]21C. The number of ether oxygens (including phenoxy) is 2. The summed E-state index contributed by atoms with van der Waals surface area (Å²) in [5, 5.41) is 11.5. The normalized spacial score (nSPS) is 40.5. The minimum Gasteiger partial charge on any atom is -0.465 e. The summed E-state index contributed by atoms with van der Waals surface area (Å²) in [5.74, 6) is -1.81. The lowest BCUT2D eigenvalue weighted by atomic mass is 9.65. The first-order valence-electron chi connectivity index (χ1n) is 8.95. The van der Waals surface area contributed by atoms with Crippen molar-refractivity contribution in [2.75, 3.05) is 6.61 Å². The fraction of sp³-hybridized carbons (Fsp3) is 0.737. The Kier molecular flexibility index (Phi) is 4.30. The molecule has 0 aromatic heterocycles. The van der Waals surface area contributed by atoms with Crippen molar-refractivity contribution in [3.05, 3.63) is 12.2 Å². The zero-order chi connectivity index (χ0) is 18.6. The molecule has 0 aromatic rings. The van der Waals surface area contributed by atoms with Gasteiger partial charge in [-0.1, -0.05) is 20.4 Å². The predicted molar refractivity (Wildman–Crippen MR) is 88.3 cm³/mol. The minimum atomic E-state index is -1.36. The van der Waals surface area contributed by atoms with Gasteiger partial charge in [0.05, 0.1) is 23.5 Å².